The monoisotopic (exact) mass is 228 g/mol. The van der Waals surface area contributed by atoms with Crippen LogP contribution < -0.4 is 0 Å². The molecule has 1 fully saturated rings. The topological polar surface area (TPSA) is 59.1 Å². The number of amides is 2. The van der Waals surface area contributed by atoms with E-state index in [1.165, 1.54) is 9.80 Å². The smallest absolute Gasteiger partial charge is 0.397 e. The van der Waals surface area contributed by atoms with Gasteiger partial charge in [-0.3, -0.25) is 9.59 Å². The lowest BCUT2D eigenvalue weighted by Gasteiger charge is -2.22. The highest BCUT2D eigenvalue weighted by molar-refractivity contribution is 6.44. The fraction of sp³-hybridized carbons (Fsp3) is 0.778. The molecule has 1 saturated heterocycles. The Bertz CT molecular complexity index is 267. The summed E-state index contributed by atoms with van der Waals surface area (Å²) in [7, 11) is 5.93. The van der Waals surface area contributed by atoms with Crippen molar-refractivity contribution >= 4 is 18.9 Å². The number of rotatable bonds is 2. The molecule has 0 bridgehead atoms. The first kappa shape index (κ1) is 13.0. The molecule has 2 atom stereocenters. The Morgan fingerprint density at radius 1 is 0.938 bits per heavy atom. The number of nitrogens with zero attached hydrogens (tertiary/aromatic N) is 2. The van der Waals surface area contributed by atoms with Crippen LogP contribution in [0.3, 0.4) is 0 Å². The van der Waals surface area contributed by atoms with Crippen molar-refractivity contribution in [3.63, 3.8) is 0 Å². The van der Waals surface area contributed by atoms with E-state index in [0.717, 1.165) is 0 Å². The minimum absolute atomic E-state index is 0.260. The normalized spacial score (nSPS) is 24.4. The van der Waals surface area contributed by atoms with E-state index in [2.05, 4.69) is 0 Å². The van der Waals surface area contributed by atoms with Crippen molar-refractivity contribution in [2.24, 2.45) is 0 Å². The highest BCUT2D eigenvalue weighted by Gasteiger charge is 2.46. The van der Waals surface area contributed by atoms with Gasteiger partial charge in [-0.15, -0.1) is 0 Å². The molecule has 0 aromatic carbocycles. The number of carbonyl (C=O) groups is 2. The Morgan fingerprint density at radius 2 is 1.25 bits per heavy atom. The molecular weight excluding hydrogens is 211 g/mol. The Morgan fingerprint density at radius 3 is 1.50 bits per heavy atom. The molecule has 1 aliphatic heterocycles. The van der Waals surface area contributed by atoms with Crippen LogP contribution in [0.1, 0.15) is 0 Å². The van der Waals surface area contributed by atoms with Gasteiger partial charge in [0.05, 0.1) is 0 Å². The molecule has 0 saturated carbocycles. The first-order valence-corrected chi connectivity index (χ1v) is 5.08. The number of carbonyl (C=O) groups excluding carboxylic acids is 2. The van der Waals surface area contributed by atoms with Crippen LogP contribution >= 0.6 is 0 Å². The van der Waals surface area contributed by atoms with E-state index in [9.17, 15) is 9.59 Å². The van der Waals surface area contributed by atoms with Crippen molar-refractivity contribution in [2.45, 2.75) is 19.0 Å². The van der Waals surface area contributed by atoms with E-state index in [1.54, 1.807) is 35.0 Å². The molecule has 0 N–H and O–H groups in total. The van der Waals surface area contributed by atoms with E-state index >= 15 is 0 Å². The van der Waals surface area contributed by atoms with E-state index in [1.807, 2.05) is 0 Å². The van der Waals surface area contributed by atoms with Gasteiger partial charge in [0, 0.05) is 28.2 Å². The minimum atomic E-state index is -0.847. The molecule has 1 aliphatic rings. The van der Waals surface area contributed by atoms with Gasteiger partial charge >= 0.3 is 7.12 Å². The van der Waals surface area contributed by atoms with E-state index in [-0.39, 0.29) is 11.8 Å². The third-order valence-electron chi connectivity index (χ3n) is 2.32. The maximum Gasteiger partial charge on any atom is 0.454 e. The number of hydrogen-bond acceptors (Lipinski definition) is 4. The minimum Gasteiger partial charge on any atom is -0.397 e. The van der Waals surface area contributed by atoms with Crippen LogP contribution in [-0.2, 0) is 18.9 Å². The van der Waals surface area contributed by atoms with Crippen LogP contribution in [0.15, 0.2) is 0 Å². The summed E-state index contributed by atoms with van der Waals surface area (Å²) in [4.78, 5) is 26.3. The van der Waals surface area contributed by atoms with Gasteiger partial charge in [-0.05, 0) is 6.82 Å². The predicted molar refractivity (Wildman–Crippen MR) is 58.8 cm³/mol. The lowest BCUT2D eigenvalue weighted by molar-refractivity contribution is -0.146. The fourth-order valence-electron chi connectivity index (χ4n) is 1.47. The molecule has 1 heterocycles. The molecule has 6 nitrogen and oxygen atoms in total. The Labute approximate surface area is 95.6 Å². The Hall–Kier alpha value is -1.08. The number of likely N-dealkylation sites (N-methyl/N-ethyl adjacent to an activating group) is 2. The van der Waals surface area contributed by atoms with Gasteiger partial charge < -0.3 is 19.1 Å². The van der Waals surface area contributed by atoms with Gasteiger partial charge in [0.2, 0.25) is 0 Å². The second-order valence-electron chi connectivity index (χ2n) is 4.15. The van der Waals surface area contributed by atoms with Crippen molar-refractivity contribution < 1.29 is 18.9 Å². The first-order valence-electron chi connectivity index (χ1n) is 5.08. The van der Waals surface area contributed by atoms with Crippen LogP contribution in [0, 0.1) is 0 Å². The van der Waals surface area contributed by atoms with Gasteiger partial charge in [0.15, 0.2) is 12.2 Å². The maximum atomic E-state index is 11.8. The lowest BCUT2D eigenvalue weighted by atomic mass is 9.97. The first-order chi connectivity index (χ1) is 7.34. The largest absolute Gasteiger partial charge is 0.454 e. The highest BCUT2D eigenvalue weighted by atomic mass is 16.7. The molecule has 2 amide bonds. The summed E-state index contributed by atoms with van der Waals surface area (Å²) in [5, 5.41) is 0. The quantitative estimate of drug-likeness (QED) is 0.572. The Kier molecular flexibility index (Phi) is 3.93. The lowest BCUT2D eigenvalue weighted by Crippen LogP contribution is -2.47. The molecular formula is C9H17BN2O4. The number of hydrogen-bond donors (Lipinski definition) is 0. The summed E-state index contributed by atoms with van der Waals surface area (Å²) < 4.78 is 10.6. The molecule has 0 unspecified atom stereocenters. The van der Waals surface area contributed by atoms with Crippen molar-refractivity contribution in [3.8, 4) is 0 Å². The zero-order chi connectivity index (χ0) is 12.5. The molecule has 0 spiro atoms. The maximum absolute atomic E-state index is 11.8. The van der Waals surface area contributed by atoms with Crippen molar-refractivity contribution in [1.29, 1.82) is 0 Å². The van der Waals surface area contributed by atoms with Crippen LogP contribution in [0.4, 0.5) is 0 Å². The average molecular weight is 228 g/mol. The molecule has 0 aromatic rings. The zero-order valence-corrected chi connectivity index (χ0v) is 10.3. The second kappa shape index (κ2) is 4.84. The molecule has 16 heavy (non-hydrogen) atoms. The summed E-state index contributed by atoms with van der Waals surface area (Å²) in [5.74, 6) is -0.519. The van der Waals surface area contributed by atoms with E-state index in [0.29, 0.717) is 0 Å². The van der Waals surface area contributed by atoms with Gasteiger partial charge in [-0.2, -0.15) is 0 Å². The molecule has 0 aliphatic carbocycles. The van der Waals surface area contributed by atoms with Crippen molar-refractivity contribution in [2.75, 3.05) is 28.2 Å². The molecule has 7 heteroatoms. The highest BCUT2D eigenvalue weighted by Crippen LogP contribution is 2.19. The van der Waals surface area contributed by atoms with Crippen LogP contribution in [-0.4, -0.2) is 69.1 Å². The van der Waals surface area contributed by atoms with Crippen molar-refractivity contribution in [3.05, 3.63) is 0 Å². The third-order valence-corrected chi connectivity index (χ3v) is 2.32. The standard InChI is InChI=1S/C9H17BN2O4/c1-10-15-6(8(13)11(2)3)7(16-10)9(14)12(4)5/h6-7H,1-5H3/t6-,7-/m1/s1. The van der Waals surface area contributed by atoms with Crippen LogP contribution in [0.5, 0.6) is 0 Å². The summed E-state index contributed by atoms with van der Waals surface area (Å²) in [6, 6.07) is 0. The third kappa shape index (κ3) is 2.54. The van der Waals surface area contributed by atoms with Gasteiger partial charge in [0.25, 0.3) is 11.8 Å². The second-order valence-corrected chi connectivity index (χ2v) is 4.15. The van der Waals surface area contributed by atoms with E-state index < -0.39 is 19.3 Å². The zero-order valence-electron chi connectivity index (χ0n) is 10.3. The van der Waals surface area contributed by atoms with Crippen LogP contribution in [0.2, 0.25) is 6.82 Å². The summed E-state index contributed by atoms with van der Waals surface area (Å²) in [6.07, 6.45) is -1.69. The van der Waals surface area contributed by atoms with Crippen LogP contribution in [0.25, 0.3) is 0 Å². The molecule has 0 radical (unpaired) electrons. The Balaban J connectivity index is 2.82. The summed E-state index contributed by atoms with van der Waals surface area (Å²) in [5.41, 5.74) is 0. The molecule has 1 rings (SSSR count). The fourth-order valence-corrected chi connectivity index (χ4v) is 1.47. The van der Waals surface area contributed by atoms with Gasteiger partial charge in [-0.1, -0.05) is 0 Å². The summed E-state index contributed by atoms with van der Waals surface area (Å²) in [6.45, 7) is 1.67. The average Bonchev–Trinajstić information content (AvgIpc) is 2.57. The van der Waals surface area contributed by atoms with Gasteiger partial charge in [0.1, 0.15) is 0 Å². The molecule has 90 valence electrons. The summed E-state index contributed by atoms with van der Waals surface area (Å²) >= 11 is 0. The van der Waals surface area contributed by atoms with E-state index in [4.69, 9.17) is 9.31 Å². The molecule has 0 aromatic heterocycles. The van der Waals surface area contributed by atoms with Crippen molar-refractivity contribution in [1.82, 2.24) is 9.80 Å². The SMILES string of the molecule is CB1O[C@@H](C(=O)N(C)C)[C@H](C(=O)N(C)C)O1. The predicted octanol–water partition coefficient (Wildman–Crippen LogP) is -0.935. The van der Waals surface area contributed by atoms with Gasteiger partial charge in [-0.25, -0.2) is 0 Å².